The second-order valence-electron chi connectivity index (χ2n) is 8.41. The van der Waals surface area contributed by atoms with Crippen LogP contribution in [0.4, 0.5) is 0 Å². The molecule has 0 fully saturated rings. The number of carbonyl (C=O) groups excluding carboxylic acids is 3. The number of benzene rings is 3. The van der Waals surface area contributed by atoms with Crippen LogP contribution in [-0.2, 0) is 16.0 Å². The molecule has 3 aromatic rings. The molecule has 3 rings (SSSR count). The summed E-state index contributed by atoms with van der Waals surface area (Å²) in [4.78, 5) is 38.1. The minimum absolute atomic E-state index is 0.273. The van der Waals surface area contributed by atoms with E-state index >= 15 is 0 Å². The molecule has 0 radical (unpaired) electrons. The number of nitrogens with one attached hydrogen (secondary N) is 2. The molecule has 3 aromatic carbocycles. The SMILES string of the molecule is NCCCC[C@H](NC(=O)[C@H](Cc1ccccc1)NC(=O)c1ccc(-c2ccccc2)cc1)C(N)=O. The summed E-state index contributed by atoms with van der Waals surface area (Å²) in [5.41, 5.74) is 14.4. The maximum Gasteiger partial charge on any atom is 0.251 e. The first kappa shape index (κ1) is 25.6. The molecular formula is C28H32N4O3. The van der Waals surface area contributed by atoms with Gasteiger partial charge in [0.1, 0.15) is 12.1 Å². The van der Waals surface area contributed by atoms with E-state index in [1.807, 2.05) is 72.8 Å². The van der Waals surface area contributed by atoms with Crippen LogP contribution in [0.25, 0.3) is 11.1 Å². The van der Waals surface area contributed by atoms with Crippen molar-refractivity contribution in [3.8, 4) is 11.1 Å². The Morgan fingerprint density at radius 3 is 1.91 bits per heavy atom. The molecule has 182 valence electrons. The van der Waals surface area contributed by atoms with Gasteiger partial charge in [-0.2, -0.15) is 0 Å². The van der Waals surface area contributed by atoms with E-state index in [0.29, 0.717) is 24.9 Å². The maximum atomic E-state index is 13.1. The standard InChI is InChI=1S/C28H32N4O3/c29-18-8-7-13-24(26(30)33)31-28(35)25(19-20-9-3-1-4-10-20)32-27(34)23-16-14-22(15-17-23)21-11-5-2-6-12-21/h1-6,9-12,14-17,24-25H,7-8,13,18-19,29H2,(H2,30,33)(H,31,35)(H,32,34)/t24-,25-/m0/s1. The van der Waals surface area contributed by atoms with Crippen molar-refractivity contribution in [1.29, 1.82) is 0 Å². The van der Waals surface area contributed by atoms with Crippen LogP contribution in [0.2, 0.25) is 0 Å². The van der Waals surface area contributed by atoms with Crippen LogP contribution in [0.15, 0.2) is 84.9 Å². The number of hydrogen-bond acceptors (Lipinski definition) is 4. The summed E-state index contributed by atoms with van der Waals surface area (Å²) < 4.78 is 0. The Kier molecular flexibility index (Phi) is 9.57. The Labute approximate surface area is 205 Å². The molecule has 0 aromatic heterocycles. The highest BCUT2D eigenvalue weighted by molar-refractivity contribution is 5.98. The van der Waals surface area contributed by atoms with E-state index in [0.717, 1.165) is 23.1 Å². The minimum atomic E-state index is -0.880. The van der Waals surface area contributed by atoms with Crippen LogP contribution in [0, 0.1) is 0 Å². The van der Waals surface area contributed by atoms with Crippen molar-refractivity contribution in [2.45, 2.75) is 37.8 Å². The summed E-state index contributed by atoms with van der Waals surface area (Å²) in [5.74, 6) is -1.45. The third kappa shape index (κ3) is 7.79. The van der Waals surface area contributed by atoms with Gasteiger partial charge in [0.25, 0.3) is 5.91 Å². The normalized spacial score (nSPS) is 12.4. The Bertz CT molecular complexity index is 1100. The number of amides is 3. The van der Waals surface area contributed by atoms with Crippen LogP contribution in [0.5, 0.6) is 0 Å². The first-order valence-electron chi connectivity index (χ1n) is 11.8. The number of nitrogens with two attached hydrogens (primary N) is 2. The molecule has 0 bridgehead atoms. The smallest absolute Gasteiger partial charge is 0.251 e. The topological polar surface area (TPSA) is 127 Å². The predicted octanol–water partition coefficient (Wildman–Crippen LogP) is 2.79. The quantitative estimate of drug-likeness (QED) is 0.302. The Balaban J connectivity index is 1.74. The van der Waals surface area contributed by atoms with E-state index in [2.05, 4.69) is 10.6 Å². The molecule has 0 saturated carbocycles. The molecular weight excluding hydrogens is 440 g/mol. The van der Waals surface area contributed by atoms with Gasteiger partial charge >= 0.3 is 0 Å². The number of hydrogen-bond donors (Lipinski definition) is 4. The summed E-state index contributed by atoms with van der Waals surface area (Å²) in [6.45, 7) is 0.495. The summed E-state index contributed by atoms with van der Waals surface area (Å²) in [6.07, 6.45) is 2.05. The van der Waals surface area contributed by atoms with E-state index in [1.165, 1.54) is 0 Å². The molecule has 7 nitrogen and oxygen atoms in total. The lowest BCUT2D eigenvalue weighted by molar-refractivity contribution is -0.128. The largest absolute Gasteiger partial charge is 0.368 e. The first-order valence-corrected chi connectivity index (χ1v) is 11.8. The second-order valence-corrected chi connectivity index (χ2v) is 8.41. The lowest BCUT2D eigenvalue weighted by atomic mass is 10.0. The Hall–Kier alpha value is -3.97. The highest BCUT2D eigenvalue weighted by Crippen LogP contribution is 2.19. The zero-order valence-corrected chi connectivity index (χ0v) is 19.7. The van der Waals surface area contributed by atoms with E-state index in [-0.39, 0.29) is 12.3 Å². The molecule has 0 unspecified atom stereocenters. The summed E-state index contributed by atoms with van der Waals surface area (Å²) in [7, 11) is 0. The molecule has 0 aliphatic heterocycles. The lowest BCUT2D eigenvalue weighted by Gasteiger charge is -2.22. The summed E-state index contributed by atoms with van der Waals surface area (Å²) in [5, 5.41) is 5.54. The summed E-state index contributed by atoms with van der Waals surface area (Å²) >= 11 is 0. The van der Waals surface area contributed by atoms with Crippen LogP contribution < -0.4 is 22.1 Å². The van der Waals surface area contributed by atoms with Gasteiger partial charge in [0.05, 0.1) is 0 Å². The van der Waals surface area contributed by atoms with Crippen molar-refractivity contribution < 1.29 is 14.4 Å². The van der Waals surface area contributed by atoms with Gasteiger partial charge in [-0.1, -0.05) is 72.8 Å². The number of unbranched alkanes of at least 4 members (excludes halogenated alkanes) is 1. The predicted molar refractivity (Wildman–Crippen MR) is 137 cm³/mol. The number of primary amides is 1. The third-order valence-corrected chi connectivity index (χ3v) is 5.77. The summed E-state index contributed by atoms with van der Waals surface area (Å²) in [6, 6.07) is 24.7. The molecule has 2 atom stereocenters. The minimum Gasteiger partial charge on any atom is -0.368 e. The molecule has 3 amide bonds. The van der Waals surface area contributed by atoms with Crippen molar-refractivity contribution >= 4 is 17.7 Å². The average Bonchev–Trinajstić information content (AvgIpc) is 2.88. The Morgan fingerprint density at radius 1 is 0.714 bits per heavy atom. The fourth-order valence-electron chi connectivity index (χ4n) is 3.80. The van der Waals surface area contributed by atoms with Gasteiger partial charge in [-0.15, -0.1) is 0 Å². The van der Waals surface area contributed by atoms with Crippen LogP contribution in [0.3, 0.4) is 0 Å². The van der Waals surface area contributed by atoms with Gasteiger partial charge in [0.15, 0.2) is 0 Å². The van der Waals surface area contributed by atoms with Crippen LogP contribution >= 0.6 is 0 Å². The van der Waals surface area contributed by atoms with Crippen molar-refractivity contribution in [2.24, 2.45) is 11.5 Å². The lowest BCUT2D eigenvalue weighted by Crippen LogP contribution is -2.53. The van der Waals surface area contributed by atoms with Gasteiger partial charge < -0.3 is 22.1 Å². The average molecular weight is 473 g/mol. The van der Waals surface area contributed by atoms with Gasteiger partial charge in [0, 0.05) is 12.0 Å². The second kappa shape index (κ2) is 13.1. The molecule has 0 aliphatic carbocycles. The fourth-order valence-corrected chi connectivity index (χ4v) is 3.80. The monoisotopic (exact) mass is 472 g/mol. The molecule has 6 N–H and O–H groups in total. The van der Waals surface area contributed by atoms with Gasteiger partial charge in [-0.3, -0.25) is 14.4 Å². The number of carbonyl (C=O) groups is 3. The van der Waals surface area contributed by atoms with E-state index in [1.54, 1.807) is 12.1 Å². The van der Waals surface area contributed by atoms with E-state index in [4.69, 9.17) is 11.5 Å². The maximum absolute atomic E-state index is 13.1. The molecule has 35 heavy (non-hydrogen) atoms. The molecule has 0 aliphatic rings. The highest BCUT2D eigenvalue weighted by atomic mass is 16.2. The van der Waals surface area contributed by atoms with Crippen molar-refractivity contribution in [2.75, 3.05) is 6.54 Å². The molecule has 0 saturated heterocycles. The Morgan fingerprint density at radius 2 is 1.31 bits per heavy atom. The van der Waals surface area contributed by atoms with Crippen LogP contribution in [0.1, 0.15) is 35.2 Å². The van der Waals surface area contributed by atoms with E-state index < -0.39 is 23.9 Å². The molecule has 7 heteroatoms. The zero-order chi connectivity index (χ0) is 25.0. The highest BCUT2D eigenvalue weighted by Gasteiger charge is 2.26. The van der Waals surface area contributed by atoms with Gasteiger partial charge in [0.2, 0.25) is 11.8 Å². The van der Waals surface area contributed by atoms with Crippen molar-refractivity contribution in [3.63, 3.8) is 0 Å². The molecule has 0 heterocycles. The van der Waals surface area contributed by atoms with Crippen molar-refractivity contribution in [3.05, 3.63) is 96.1 Å². The zero-order valence-electron chi connectivity index (χ0n) is 19.7. The van der Waals surface area contributed by atoms with Crippen LogP contribution in [-0.4, -0.2) is 36.3 Å². The first-order chi connectivity index (χ1) is 17.0. The van der Waals surface area contributed by atoms with Crippen molar-refractivity contribution in [1.82, 2.24) is 10.6 Å². The van der Waals surface area contributed by atoms with Gasteiger partial charge in [-0.25, -0.2) is 0 Å². The molecule has 0 spiro atoms. The van der Waals surface area contributed by atoms with Gasteiger partial charge in [-0.05, 0) is 54.6 Å². The number of rotatable bonds is 12. The fraction of sp³-hybridized carbons (Fsp3) is 0.250. The van der Waals surface area contributed by atoms with E-state index in [9.17, 15) is 14.4 Å². The third-order valence-electron chi connectivity index (χ3n) is 5.77.